The Hall–Kier alpha value is 0.210. The molecule has 0 bridgehead atoms. The molecular weight excluding hydrogens is 146 g/mol. The topological polar surface area (TPSA) is 0 Å². The molecule has 0 saturated carbocycles. The first kappa shape index (κ1) is 7.32. The van der Waals surface area contributed by atoms with Gasteiger partial charge in [0.1, 0.15) is 0 Å². The zero-order valence-corrected chi connectivity index (χ0v) is 8.18. The molecule has 9 heavy (non-hydrogen) atoms. The second-order valence-electron chi connectivity index (χ2n) is 2.42. The van der Waals surface area contributed by atoms with Crippen molar-refractivity contribution < 1.29 is 0 Å². The Morgan fingerprint density at radius 3 is 1.89 bits per heavy atom. The summed E-state index contributed by atoms with van der Waals surface area (Å²) in [5, 5.41) is 3.23. The number of hydrogen-bond acceptors (Lipinski definition) is 0. The van der Waals surface area contributed by atoms with E-state index in [9.17, 15) is 0 Å². The van der Waals surface area contributed by atoms with Crippen LogP contribution in [0, 0.1) is 20.8 Å². The Labute approximate surface area is 59.4 Å². The third-order valence-electron chi connectivity index (χ3n) is 1.87. The van der Waals surface area contributed by atoms with Gasteiger partial charge in [0.15, 0.2) is 0 Å². The van der Waals surface area contributed by atoms with Crippen molar-refractivity contribution in [1.29, 1.82) is 0 Å². The van der Waals surface area contributed by atoms with Crippen molar-refractivity contribution in [1.82, 2.24) is 0 Å². The Bertz CT molecular complexity index is 201. The van der Waals surface area contributed by atoms with Crippen LogP contribution in [0.1, 0.15) is 16.2 Å². The van der Waals surface area contributed by atoms with E-state index in [1.807, 2.05) is 0 Å². The molecule has 0 amide bonds. The van der Waals surface area contributed by atoms with E-state index in [2.05, 4.69) is 27.4 Å². The zero-order valence-electron chi connectivity index (χ0n) is 6.39. The molecule has 0 aromatic carbocycles. The fourth-order valence-corrected chi connectivity index (χ4v) is 5.24. The van der Waals surface area contributed by atoms with Crippen LogP contribution < -0.4 is 0 Å². The van der Waals surface area contributed by atoms with E-state index >= 15 is 0 Å². The van der Waals surface area contributed by atoms with Crippen molar-refractivity contribution >= 4 is 15.1 Å². The van der Waals surface area contributed by atoms with Crippen molar-refractivity contribution in [3.63, 3.8) is 0 Å². The van der Waals surface area contributed by atoms with Gasteiger partial charge in [-0.2, -0.15) is 0 Å². The molecule has 1 aromatic rings. The summed E-state index contributed by atoms with van der Waals surface area (Å²) in [7, 11) is 1.79. The molecule has 0 fully saturated rings. The quantitative estimate of drug-likeness (QED) is 0.539. The lowest BCUT2D eigenvalue weighted by atomic mass is 10.3. The van der Waals surface area contributed by atoms with Crippen LogP contribution in [0.2, 0.25) is 0 Å². The maximum atomic E-state index is 2.35. The molecule has 1 unspecified atom stereocenters. The lowest BCUT2D eigenvalue weighted by Crippen LogP contribution is -1.70. The molecule has 1 rings (SSSR count). The predicted molar refractivity (Wildman–Crippen MR) is 46.9 cm³/mol. The first-order valence-corrected chi connectivity index (χ1v) is 6.48. The smallest absolute Gasteiger partial charge is 0.0163 e. The molecule has 0 aliphatic heterocycles. The molecule has 1 atom stereocenters. The minimum atomic E-state index is 0.210. The normalized spacial score (nSPS) is 13.1. The van der Waals surface area contributed by atoms with Gasteiger partial charge in [0, 0.05) is 0 Å². The van der Waals surface area contributed by atoms with Crippen LogP contribution in [0.4, 0.5) is 0 Å². The molecule has 0 N–H and O–H groups in total. The SMILES string of the molecule is Cc1pp(C)c(C)c1C. The Morgan fingerprint density at radius 1 is 1.22 bits per heavy atom. The average Bonchev–Trinajstić information content (AvgIpc) is 1.98. The molecule has 0 aliphatic rings. The van der Waals surface area contributed by atoms with Gasteiger partial charge < -0.3 is 0 Å². The van der Waals surface area contributed by atoms with Gasteiger partial charge in [0.05, 0.1) is 0 Å². The molecule has 1 aromatic heterocycles. The largest absolute Gasteiger partial charge is 0.0957 e. The van der Waals surface area contributed by atoms with Crippen LogP contribution in [0.3, 0.4) is 0 Å². The molecule has 0 spiro atoms. The molecule has 2 heteroatoms. The van der Waals surface area contributed by atoms with Gasteiger partial charge in [-0.1, -0.05) is 7.21 Å². The van der Waals surface area contributed by atoms with Crippen molar-refractivity contribution in [3.05, 3.63) is 16.2 Å². The second kappa shape index (κ2) is 2.45. The van der Waals surface area contributed by atoms with E-state index in [1.165, 1.54) is 0 Å². The fourth-order valence-electron chi connectivity index (χ4n) is 0.880. The summed E-state index contributed by atoms with van der Waals surface area (Å²) in [6.45, 7) is 9.10. The monoisotopic (exact) mass is 158 g/mol. The van der Waals surface area contributed by atoms with Crippen molar-refractivity contribution in [2.24, 2.45) is 6.66 Å². The Kier molecular flexibility index (Phi) is 1.99. The van der Waals surface area contributed by atoms with Gasteiger partial charge >= 0.3 is 0 Å². The fraction of sp³-hybridized carbons (Fsp3) is 0.571. The Morgan fingerprint density at radius 2 is 1.78 bits per heavy atom. The second-order valence-corrected chi connectivity index (χ2v) is 7.41. The maximum absolute atomic E-state index is 2.35. The maximum Gasteiger partial charge on any atom is -0.0163 e. The van der Waals surface area contributed by atoms with Crippen LogP contribution in [0.5, 0.6) is 0 Å². The summed E-state index contributed by atoms with van der Waals surface area (Å²) >= 11 is 0. The lowest BCUT2D eigenvalue weighted by molar-refractivity contribution is 1.38. The zero-order chi connectivity index (χ0) is 7.02. The van der Waals surface area contributed by atoms with Gasteiger partial charge in [0.2, 0.25) is 0 Å². The number of rotatable bonds is 0. The average molecular weight is 158 g/mol. The van der Waals surface area contributed by atoms with Gasteiger partial charge in [-0.3, -0.25) is 0 Å². The van der Waals surface area contributed by atoms with E-state index in [0.29, 0.717) is 0 Å². The van der Waals surface area contributed by atoms with E-state index in [0.717, 1.165) is 0 Å². The minimum Gasteiger partial charge on any atom is -0.0957 e. The van der Waals surface area contributed by atoms with Crippen LogP contribution in [-0.2, 0) is 6.66 Å². The molecular formula is C7H12P2. The summed E-state index contributed by atoms with van der Waals surface area (Å²) in [6.07, 6.45) is 0. The van der Waals surface area contributed by atoms with Gasteiger partial charge in [-0.25, -0.2) is 0 Å². The number of hydrogen-bond donors (Lipinski definition) is 0. The van der Waals surface area contributed by atoms with E-state index in [1.54, 1.807) is 24.0 Å². The van der Waals surface area contributed by atoms with E-state index in [4.69, 9.17) is 0 Å². The third kappa shape index (κ3) is 1.20. The first-order valence-electron chi connectivity index (χ1n) is 3.09. The molecule has 1 heterocycles. The van der Waals surface area contributed by atoms with Gasteiger partial charge in [-0.05, 0) is 51.5 Å². The summed E-state index contributed by atoms with van der Waals surface area (Å²) in [5.74, 6) is 0. The van der Waals surface area contributed by atoms with Crippen LogP contribution in [-0.4, -0.2) is 0 Å². The lowest BCUT2D eigenvalue weighted by Gasteiger charge is -1.90. The summed E-state index contributed by atoms with van der Waals surface area (Å²) < 4.78 is 0. The minimum absolute atomic E-state index is 0.210. The highest BCUT2D eigenvalue weighted by atomic mass is 31.9. The van der Waals surface area contributed by atoms with Crippen LogP contribution in [0.15, 0.2) is 0 Å². The Balaban J connectivity index is 3.29. The van der Waals surface area contributed by atoms with Crippen LogP contribution >= 0.6 is 15.1 Å². The highest BCUT2D eigenvalue weighted by molar-refractivity contribution is 8.00. The molecule has 50 valence electrons. The predicted octanol–water partition coefficient (Wildman–Crippen LogP) is 3.72. The number of aryl methyl sites for hydroxylation is 2. The van der Waals surface area contributed by atoms with Crippen molar-refractivity contribution in [2.75, 3.05) is 0 Å². The van der Waals surface area contributed by atoms with E-state index in [-0.39, 0.29) is 7.21 Å². The van der Waals surface area contributed by atoms with Crippen molar-refractivity contribution in [2.45, 2.75) is 20.8 Å². The van der Waals surface area contributed by atoms with E-state index < -0.39 is 0 Å². The standard InChI is InChI=1S/C7H12P2/c1-5-6(2)8-9(4)7(5)3/h1-4H3. The molecule has 0 radical (unpaired) electrons. The highest BCUT2D eigenvalue weighted by Gasteiger charge is 2.01. The summed E-state index contributed by atoms with van der Waals surface area (Å²) in [6, 6.07) is 0. The van der Waals surface area contributed by atoms with Gasteiger partial charge in [0.25, 0.3) is 0 Å². The molecule has 0 nitrogen and oxygen atoms in total. The first-order chi connectivity index (χ1) is 4.13. The van der Waals surface area contributed by atoms with Crippen LogP contribution in [0.25, 0.3) is 0 Å². The van der Waals surface area contributed by atoms with Crippen molar-refractivity contribution in [3.8, 4) is 0 Å². The molecule has 0 aliphatic carbocycles. The van der Waals surface area contributed by atoms with Gasteiger partial charge in [-0.15, -0.1) is 0 Å². The summed E-state index contributed by atoms with van der Waals surface area (Å²) in [4.78, 5) is 0. The highest BCUT2D eigenvalue weighted by Crippen LogP contribution is 2.46. The molecule has 0 saturated heterocycles. The third-order valence-corrected chi connectivity index (χ3v) is 6.81. The summed E-state index contributed by atoms with van der Waals surface area (Å²) in [5.41, 5.74) is 1.56.